The van der Waals surface area contributed by atoms with E-state index >= 15 is 0 Å². The molecule has 0 aromatic carbocycles. The van der Waals surface area contributed by atoms with Gasteiger partial charge in [-0.25, -0.2) is 0 Å². The third-order valence-electron chi connectivity index (χ3n) is 3.98. The zero-order valence-corrected chi connectivity index (χ0v) is 12.3. The largest absolute Gasteiger partial charge is 0.401 e. The number of nitrogens with zero attached hydrogens (tertiary/aromatic N) is 2. The summed E-state index contributed by atoms with van der Waals surface area (Å²) in [5.41, 5.74) is 2.34. The van der Waals surface area contributed by atoms with E-state index in [9.17, 15) is 13.2 Å². The van der Waals surface area contributed by atoms with Crippen LogP contribution in [0.1, 0.15) is 30.5 Å². The lowest BCUT2D eigenvalue weighted by Gasteiger charge is -2.32. The molecule has 120 valence electrons. The van der Waals surface area contributed by atoms with Crippen molar-refractivity contribution in [1.29, 1.82) is 0 Å². The number of aromatic amines is 1. The average molecular weight is 304 g/mol. The van der Waals surface area contributed by atoms with E-state index in [-0.39, 0.29) is 0 Å². The van der Waals surface area contributed by atoms with Gasteiger partial charge in [-0.2, -0.15) is 18.3 Å². The maximum absolute atomic E-state index is 12.3. The van der Waals surface area contributed by atoms with Gasteiger partial charge in [0.2, 0.25) is 0 Å². The van der Waals surface area contributed by atoms with Crippen molar-refractivity contribution in [3.8, 4) is 0 Å². The smallest absolute Gasteiger partial charge is 0.314 e. The Hall–Kier alpha value is -1.08. The van der Waals surface area contributed by atoms with Crippen molar-refractivity contribution < 1.29 is 13.2 Å². The molecule has 0 aliphatic carbocycles. The first kappa shape index (κ1) is 16.3. The lowest BCUT2D eigenvalue weighted by Crippen LogP contribution is -2.45. The number of H-pyrrole nitrogens is 1. The molecule has 0 atom stereocenters. The fourth-order valence-corrected chi connectivity index (χ4v) is 2.76. The van der Waals surface area contributed by atoms with Crippen LogP contribution in [0.4, 0.5) is 13.2 Å². The summed E-state index contributed by atoms with van der Waals surface area (Å²) in [6.45, 7) is 3.18. The molecular formula is C14H23F3N4. The molecule has 2 heterocycles. The molecule has 0 bridgehead atoms. The highest BCUT2D eigenvalue weighted by atomic mass is 19.4. The van der Waals surface area contributed by atoms with Crippen molar-refractivity contribution in [2.45, 2.75) is 44.8 Å². The van der Waals surface area contributed by atoms with E-state index in [1.54, 1.807) is 0 Å². The lowest BCUT2D eigenvalue weighted by atomic mass is 10.0. The number of alkyl halides is 3. The molecule has 2 N–H and O–H groups in total. The zero-order chi connectivity index (χ0) is 15.3. The normalized spacial score (nSPS) is 18.3. The molecule has 1 fully saturated rings. The van der Waals surface area contributed by atoms with Crippen LogP contribution in [0.2, 0.25) is 0 Å². The van der Waals surface area contributed by atoms with Crippen LogP contribution in [-0.2, 0) is 6.42 Å². The number of hydrogen-bond acceptors (Lipinski definition) is 3. The van der Waals surface area contributed by atoms with Crippen molar-refractivity contribution in [3.05, 3.63) is 17.5 Å². The molecule has 4 nitrogen and oxygen atoms in total. The van der Waals surface area contributed by atoms with Gasteiger partial charge in [-0.15, -0.1) is 0 Å². The topological polar surface area (TPSA) is 44.0 Å². The highest BCUT2D eigenvalue weighted by Crippen LogP contribution is 2.19. The van der Waals surface area contributed by atoms with Gasteiger partial charge in [-0.3, -0.25) is 10.00 Å². The predicted molar refractivity (Wildman–Crippen MR) is 75.2 cm³/mol. The van der Waals surface area contributed by atoms with Crippen LogP contribution in [0.25, 0.3) is 0 Å². The quantitative estimate of drug-likeness (QED) is 0.792. The van der Waals surface area contributed by atoms with Gasteiger partial charge in [-0.05, 0) is 57.8 Å². The van der Waals surface area contributed by atoms with Crippen LogP contribution in [-0.4, -0.2) is 53.5 Å². The van der Waals surface area contributed by atoms with Crippen LogP contribution in [0.5, 0.6) is 0 Å². The molecule has 1 aliphatic heterocycles. The molecule has 1 aliphatic rings. The maximum Gasteiger partial charge on any atom is 0.401 e. The van der Waals surface area contributed by atoms with E-state index in [1.165, 1.54) is 10.5 Å². The molecule has 0 saturated carbocycles. The van der Waals surface area contributed by atoms with Gasteiger partial charge in [0, 0.05) is 11.7 Å². The van der Waals surface area contributed by atoms with Gasteiger partial charge in [-0.1, -0.05) is 0 Å². The molecule has 0 radical (unpaired) electrons. The molecule has 1 saturated heterocycles. The number of piperidine rings is 1. The zero-order valence-electron chi connectivity index (χ0n) is 12.3. The Kier molecular flexibility index (Phi) is 5.64. The minimum Gasteiger partial charge on any atom is -0.314 e. The number of hydrogen-bond donors (Lipinski definition) is 2. The van der Waals surface area contributed by atoms with Crippen LogP contribution < -0.4 is 5.32 Å². The van der Waals surface area contributed by atoms with Crippen LogP contribution in [0, 0.1) is 6.92 Å². The molecular weight excluding hydrogens is 281 g/mol. The fraction of sp³-hybridized carbons (Fsp3) is 0.786. The standard InChI is InChI=1S/C14H23F3N4/c1-11-12(9-19-20-11)3-2-6-18-13-4-7-21(8-5-13)10-14(15,16)17/h9,13,18H,2-8,10H2,1H3,(H,19,20). The third-order valence-corrected chi connectivity index (χ3v) is 3.98. The molecule has 21 heavy (non-hydrogen) atoms. The minimum absolute atomic E-state index is 0.347. The van der Waals surface area contributed by atoms with E-state index < -0.39 is 12.7 Å². The van der Waals surface area contributed by atoms with Gasteiger partial charge in [0.15, 0.2) is 0 Å². The summed E-state index contributed by atoms with van der Waals surface area (Å²) in [5, 5.41) is 10.3. The summed E-state index contributed by atoms with van der Waals surface area (Å²) in [7, 11) is 0. The highest BCUT2D eigenvalue weighted by molar-refractivity contribution is 5.14. The molecule has 0 unspecified atom stereocenters. The Morgan fingerprint density at radius 2 is 2.10 bits per heavy atom. The van der Waals surface area contributed by atoms with Crippen LogP contribution in [0.15, 0.2) is 6.20 Å². The summed E-state index contributed by atoms with van der Waals surface area (Å²) in [6.07, 6.45) is 1.35. The minimum atomic E-state index is -4.08. The molecule has 1 aromatic heterocycles. The number of aryl methyl sites for hydroxylation is 2. The number of aromatic nitrogens is 2. The molecule has 7 heteroatoms. The number of halogens is 3. The van der Waals surface area contributed by atoms with Crippen molar-refractivity contribution in [3.63, 3.8) is 0 Å². The first-order valence-corrected chi connectivity index (χ1v) is 7.45. The van der Waals surface area contributed by atoms with E-state index in [0.29, 0.717) is 19.1 Å². The Balaban J connectivity index is 1.58. The Morgan fingerprint density at radius 3 is 2.67 bits per heavy atom. The van der Waals surface area contributed by atoms with Crippen molar-refractivity contribution in [2.24, 2.45) is 0 Å². The second kappa shape index (κ2) is 7.26. The summed E-state index contributed by atoms with van der Waals surface area (Å²) in [5.74, 6) is 0. The highest BCUT2D eigenvalue weighted by Gasteiger charge is 2.32. The van der Waals surface area contributed by atoms with E-state index in [0.717, 1.165) is 37.9 Å². The summed E-state index contributed by atoms with van der Waals surface area (Å²) < 4.78 is 36.9. The first-order valence-electron chi connectivity index (χ1n) is 7.45. The Morgan fingerprint density at radius 1 is 1.38 bits per heavy atom. The molecule has 2 rings (SSSR count). The summed E-state index contributed by atoms with van der Waals surface area (Å²) in [4.78, 5) is 1.49. The summed E-state index contributed by atoms with van der Waals surface area (Å²) in [6, 6.07) is 0.347. The van der Waals surface area contributed by atoms with E-state index in [1.807, 2.05) is 13.1 Å². The molecule has 0 spiro atoms. The second-order valence-electron chi connectivity index (χ2n) is 5.74. The van der Waals surface area contributed by atoms with Gasteiger partial charge >= 0.3 is 6.18 Å². The van der Waals surface area contributed by atoms with Crippen molar-refractivity contribution in [1.82, 2.24) is 20.4 Å². The van der Waals surface area contributed by atoms with Gasteiger partial charge in [0.25, 0.3) is 0 Å². The molecule has 1 aromatic rings. The lowest BCUT2D eigenvalue weighted by molar-refractivity contribution is -0.148. The Bertz CT molecular complexity index is 422. The molecule has 0 amide bonds. The third kappa shape index (κ3) is 5.67. The first-order chi connectivity index (χ1) is 9.94. The van der Waals surface area contributed by atoms with Crippen molar-refractivity contribution in [2.75, 3.05) is 26.2 Å². The monoisotopic (exact) mass is 304 g/mol. The predicted octanol–water partition coefficient (Wildman–Crippen LogP) is 2.27. The van der Waals surface area contributed by atoms with Gasteiger partial charge < -0.3 is 5.32 Å². The van der Waals surface area contributed by atoms with Crippen LogP contribution >= 0.6 is 0 Å². The average Bonchev–Trinajstić information content (AvgIpc) is 2.80. The number of nitrogens with one attached hydrogen (secondary N) is 2. The van der Waals surface area contributed by atoms with Crippen LogP contribution in [0.3, 0.4) is 0 Å². The van der Waals surface area contributed by atoms with Gasteiger partial charge in [0.1, 0.15) is 0 Å². The van der Waals surface area contributed by atoms with Crippen molar-refractivity contribution >= 4 is 0 Å². The second-order valence-corrected chi connectivity index (χ2v) is 5.74. The number of rotatable bonds is 6. The Labute approximate surface area is 123 Å². The SMILES string of the molecule is Cc1[nH]ncc1CCCNC1CCN(CC(F)(F)F)CC1. The van der Waals surface area contributed by atoms with Gasteiger partial charge in [0.05, 0.1) is 12.7 Å². The fourth-order valence-electron chi connectivity index (χ4n) is 2.76. The maximum atomic E-state index is 12.3. The van der Waals surface area contributed by atoms with E-state index in [4.69, 9.17) is 0 Å². The number of likely N-dealkylation sites (tertiary alicyclic amines) is 1. The van der Waals surface area contributed by atoms with E-state index in [2.05, 4.69) is 15.5 Å². The summed E-state index contributed by atoms with van der Waals surface area (Å²) >= 11 is 0.